The number of nitrogens with one attached hydrogen (secondary N) is 1. The summed E-state index contributed by atoms with van der Waals surface area (Å²) in [6.07, 6.45) is 3.51. The molecule has 1 aliphatic heterocycles. The first-order chi connectivity index (χ1) is 11.5. The second-order valence-electron chi connectivity index (χ2n) is 5.86. The third-order valence-electron chi connectivity index (χ3n) is 4.03. The fourth-order valence-electron chi connectivity index (χ4n) is 2.70. The molecule has 0 bridgehead atoms. The molecule has 24 heavy (non-hydrogen) atoms. The molecule has 2 rings (SSSR count). The Balaban J connectivity index is 1.84. The van der Waals surface area contributed by atoms with E-state index < -0.39 is 0 Å². The lowest BCUT2D eigenvalue weighted by atomic mass is 10.3. The van der Waals surface area contributed by atoms with Crippen LogP contribution >= 0.6 is 12.2 Å². The third kappa shape index (κ3) is 4.86. The van der Waals surface area contributed by atoms with Crippen LogP contribution in [0.4, 0.5) is 0 Å². The number of hydrogen-bond acceptors (Lipinski definition) is 5. The monoisotopic (exact) mass is 350 g/mol. The highest BCUT2D eigenvalue weighted by atomic mass is 32.1. The van der Waals surface area contributed by atoms with E-state index in [9.17, 15) is 4.79 Å². The fourth-order valence-corrected chi connectivity index (χ4v) is 3.01. The van der Waals surface area contributed by atoms with Crippen molar-refractivity contribution < 1.29 is 4.79 Å². The third-order valence-corrected chi connectivity index (χ3v) is 4.46. The normalized spacial score (nSPS) is 16.0. The minimum absolute atomic E-state index is 0.0457. The first kappa shape index (κ1) is 18.6. The average Bonchev–Trinajstić information content (AvgIpc) is 2.82. The topological polar surface area (TPSA) is 58.3 Å². The maximum absolute atomic E-state index is 11.7. The Morgan fingerprint density at radius 3 is 2.54 bits per heavy atom. The molecule has 1 aromatic heterocycles. The lowest BCUT2D eigenvalue weighted by molar-refractivity contribution is -0.122. The Morgan fingerprint density at radius 1 is 1.25 bits per heavy atom. The van der Waals surface area contributed by atoms with E-state index in [0.29, 0.717) is 26.3 Å². The lowest BCUT2D eigenvalue weighted by Crippen LogP contribution is -2.49. The molecule has 0 aliphatic carbocycles. The molecule has 1 aliphatic rings. The zero-order valence-corrected chi connectivity index (χ0v) is 15.1. The number of carbonyl (C=O) groups excluding carboxylic acids is 1. The number of carbonyl (C=O) groups is 1. The number of hydrogen-bond donors (Lipinski definition) is 1. The van der Waals surface area contributed by atoms with Crippen LogP contribution < -0.4 is 5.32 Å². The van der Waals surface area contributed by atoms with Crippen molar-refractivity contribution in [2.75, 3.05) is 39.3 Å². The van der Waals surface area contributed by atoms with E-state index in [1.54, 1.807) is 6.08 Å². The molecule has 1 aromatic rings. The standard InChI is InChI=1S/C16H26N6OS/c1-4-6-17-15(23)12-19-8-10-20(11-9-19)13-22-16(24)21(7-5-2)14(3)18-22/h4-5H,1-2,6-13H2,3H3,(H,17,23). The molecule has 0 saturated carbocycles. The zero-order valence-electron chi connectivity index (χ0n) is 14.3. The van der Waals surface area contributed by atoms with Crippen molar-refractivity contribution in [3.8, 4) is 0 Å². The zero-order chi connectivity index (χ0) is 17.5. The van der Waals surface area contributed by atoms with Gasteiger partial charge in [0.2, 0.25) is 5.91 Å². The fraction of sp³-hybridized carbons (Fsp3) is 0.562. The van der Waals surface area contributed by atoms with E-state index in [0.717, 1.165) is 36.8 Å². The van der Waals surface area contributed by atoms with Crippen LogP contribution in [0.15, 0.2) is 25.3 Å². The molecule has 132 valence electrons. The lowest BCUT2D eigenvalue weighted by Gasteiger charge is -2.33. The first-order valence-corrected chi connectivity index (χ1v) is 8.53. The van der Waals surface area contributed by atoms with Crippen molar-refractivity contribution in [3.05, 3.63) is 35.9 Å². The predicted molar refractivity (Wildman–Crippen MR) is 97.2 cm³/mol. The van der Waals surface area contributed by atoms with Gasteiger partial charge in [0.25, 0.3) is 0 Å². The summed E-state index contributed by atoms with van der Waals surface area (Å²) in [4.78, 5) is 16.2. The van der Waals surface area contributed by atoms with Gasteiger partial charge in [0.15, 0.2) is 4.77 Å². The van der Waals surface area contributed by atoms with Crippen molar-refractivity contribution >= 4 is 18.1 Å². The average molecular weight is 350 g/mol. The molecule has 8 heteroatoms. The quantitative estimate of drug-likeness (QED) is 0.555. The molecule has 1 fully saturated rings. The van der Waals surface area contributed by atoms with Gasteiger partial charge in [-0.25, -0.2) is 4.68 Å². The molecule has 1 saturated heterocycles. The van der Waals surface area contributed by atoms with Crippen LogP contribution in [0, 0.1) is 11.7 Å². The molecule has 2 heterocycles. The van der Waals surface area contributed by atoms with E-state index >= 15 is 0 Å². The number of aryl methyl sites for hydroxylation is 1. The molecule has 0 aromatic carbocycles. The summed E-state index contributed by atoms with van der Waals surface area (Å²) < 4.78 is 4.56. The highest BCUT2D eigenvalue weighted by Crippen LogP contribution is 2.06. The number of amides is 1. The van der Waals surface area contributed by atoms with Crippen LogP contribution in [0.5, 0.6) is 0 Å². The molecule has 0 radical (unpaired) electrons. The number of rotatable bonds is 8. The molecular formula is C16H26N6OS. The Kier molecular flexibility index (Phi) is 6.89. The van der Waals surface area contributed by atoms with Crippen LogP contribution in [0.2, 0.25) is 0 Å². The number of aromatic nitrogens is 3. The van der Waals surface area contributed by atoms with E-state index in [4.69, 9.17) is 12.2 Å². The Labute approximate surface area is 148 Å². The first-order valence-electron chi connectivity index (χ1n) is 8.12. The molecule has 1 amide bonds. The van der Waals surface area contributed by atoms with Gasteiger partial charge in [0.05, 0.1) is 13.2 Å². The van der Waals surface area contributed by atoms with Gasteiger partial charge in [0.1, 0.15) is 5.82 Å². The van der Waals surface area contributed by atoms with E-state index in [1.807, 2.05) is 22.2 Å². The van der Waals surface area contributed by atoms with Crippen molar-refractivity contribution in [3.63, 3.8) is 0 Å². The summed E-state index contributed by atoms with van der Waals surface area (Å²) in [6, 6.07) is 0. The van der Waals surface area contributed by atoms with Gasteiger partial charge < -0.3 is 9.88 Å². The van der Waals surface area contributed by atoms with Crippen LogP contribution in [0.25, 0.3) is 0 Å². The summed E-state index contributed by atoms with van der Waals surface area (Å²) in [5.41, 5.74) is 0. The molecule has 7 nitrogen and oxygen atoms in total. The minimum atomic E-state index is 0.0457. The van der Waals surface area contributed by atoms with Crippen LogP contribution in [0.1, 0.15) is 5.82 Å². The van der Waals surface area contributed by atoms with Crippen molar-refractivity contribution in [2.45, 2.75) is 20.1 Å². The smallest absolute Gasteiger partial charge is 0.234 e. The summed E-state index contributed by atoms with van der Waals surface area (Å²) >= 11 is 5.49. The van der Waals surface area contributed by atoms with Crippen LogP contribution in [0.3, 0.4) is 0 Å². The van der Waals surface area contributed by atoms with Crippen molar-refractivity contribution in [1.82, 2.24) is 29.5 Å². The van der Waals surface area contributed by atoms with Gasteiger partial charge in [-0.3, -0.25) is 14.6 Å². The minimum Gasteiger partial charge on any atom is -0.352 e. The van der Waals surface area contributed by atoms with Gasteiger partial charge in [-0.15, -0.1) is 13.2 Å². The molecule has 0 atom stereocenters. The largest absolute Gasteiger partial charge is 0.352 e. The highest BCUT2D eigenvalue weighted by molar-refractivity contribution is 7.71. The number of piperazine rings is 1. The summed E-state index contributed by atoms with van der Waals surface area (Å²) in [6.45, 7) is 15.1. The Bertz CT molecular complexity index is 641. The molecule has 0 spiro atoms. The summed E-state index contributed by atoms with van der Waals surface area (Å²) in [7, 11) is 0. The van der Waals surface area contributed by atoms with Gasteiger partial charge in [-0.1, -0.05) is 12.2 Å². The van der Waals surface area contributed by atoms with Gasteiger partial charge in [-0.2, -0.15) is 5.10 Å². The Morgan fingerprint density at radius 2 is 1.92 bits per heavy atom. The SMILES string of the molecule is C=CCNC(=O)CN1CCN(Cn2nc(C)n(CC=C)c2=S)CC1. The maximum Gasteiger partial charge on any atom is 0.234 e. The van der Waals surface area contributed by atoms with Crippen LogP contribution in [-0.4, -0.2) is 69.3 Å². The summed E-state index contributed by atoms with van der Waals surface area (Å²) in [5.74, 6) is 0.946. The highest BCUT2D eigenvalue weighted by Gasteiger charge is 2.19. The van der Waals surface area contributed by atoms with Gasteiger partial charge in [-0.05, 0) is 19.1 Å². The second kappa shape index (κ2) is 8.91. The number of allylic oxidation sites excluding steroid dienone is 1. The predicted octanol–water partition coefficient (Wildman–Crippen LogP) is 0.786. The van der Waals surface area contributed by atoms with Crippen molar-refractivity contribution in [2.24, 2.45) is 0 Å². The van der Waals surface area contributed by atoms with E-state index in [1.165, 1.54) is 0 Å². The van der Waals surface area contributed by atoms with Crippen molar-refractivity contribution in [1.29, 1.82) is 0 Å². The van der Waals surface area contributed by atoms with E-state index in [-0.39, 0.29) is 5.91 Å². The number of nitrogens with zero attached hydrogens (tertiary/aromatic N) is 5. The van der Waals surface area contributed by atoms with Crippen LogP contribution in [-0.2, 0) is 18.0 Å². The second-order valence-corrected chi connectivity index (χ2v) is 6.22. The molecule has 0 unspecified atom stereocenters. The van der Waals surface area contributed by atoms with E-state index in [2.05, 4.69) is 33.4 Å². The summed E-state index contributed by atoms with van der Waals surface area (Å²) in [5, 5.41) is 7.33. The van der Waals surface area contributed by atoms with Gasteiger partial charge >= 0.3 is 0 Å². The Hall–Kier alpha value is -1.77. The maximum atomic E-state index is 11.7. The van der Waals surface area contributed by atoms with Gasteiger partial charge in [0, 0.05) is 39.3 Å². The molecule has 1 N–H and O–H groups in total. The molecular weight excluding hydrogens is 324 g/mol.